The summed E-state index contributed by atoms with van der Waals surface area (Å²) in [6.07, 6.45) is 15.8. The van der Waals surface area contributed by atoms with Gasteiger partial charge in [0.1, 0.15) is 5.78 Å². The molecule has 0 radical (unpaired) electrons. The largest absolute Gasteiger partial charge is 0.300 e. The number of rotatable bonds is 14. The first-order chi connectivity index (χ1) is 10.1. The summed E-state index contributed by atoms with van der Waals surface area (Å²) in [6, 6.07) is 0. The van der Waals surface area contributed by atoms with Crippen LogP contribution in [-0.2, 0) is 9.59 Å². The molecule has 2 nitrogen and oxygen atoms in total. The molecule has 0 bridgehead atoms. The van der Waals surface area contributed by atoms with Gasteiger partial charge in [0.05, 0.1) is 0 Å². The molecular formula is C19H32O2. The van der Waals surface area contributed by atoms with E-state index in [-0.39, 0.29) is 17.5 Å². The van der Waals surface area contributed by atoms with E-state index < -0.39 is 0 Å². The van der Waals surface area contributed by atoms with Crippen LogP contribution in [0.2, 0.25) is 0 Å². The van der Waals surface area contributed by atoms with Gasteiger partial charge in [0.25, 0.3) is 0 Å². The van der Waals surface area contributed by atoms with Crippen molar-refractivity contribution in [3.05, 3.63) is 24.8 Å². The predicted octanol–water partition coefficient (Wildman–Crippen LogP) is 5.42. The highest BCUT2D eigenvalue weighted by molar-refractivity contribution is 5.90. The topological polar surface area (TPSA) is 34.1 Å². The van der Waals surface area contributed by atoms with Crippen LogP contribution in [0.5, 0.6) is 0 Å². The average molecular weight is 292 g/mol. The van der Waals surface area contributed by atoms with Crippen molar-refractivity contribution in [2.24, 2.45) is 5.92 Å². The van der Waals surface area contributed by atoms with Crippen LogP contribution in [0.1, 0.15) is 78.1 Å². The molecule has 0 aromatic rings. The smallest absolute Gasteiger partial charge is 0.155 e. The van der Waals surface area contributed by atoms with Crippen LogP contribution in [0.25, 0.3) is 0 Å². The molecule has 0 aliphatic rings. The molecule has 0 spiro atoms. The second kappa shape index (κ2) is 13.8. The van der Waals surface area contributed by atoms with Crippen molar-refractivity contribution < 1.29 is 9.59 Å². The summed E-state index contributed by atoms with van der Waals surface area (Å²) in [6.45, 7) is 7.49. The summed E-state index contributed by atoms with van der Waals surface area (Å²) in [5.74, 6) is 0.394. The molecule has 0 fully saturated rings. The second-order valence-corrected chi connectivity index (χ2v) is 5.93. The molecule has 0 N–H and O–H groups in total. The molecule has 0 aliphatic heterocycles. The van der Waals surface area contributed by atoms with Gasteiger partial charge >= 0.3 is 0 Å². The van der Waals surface area contributed by atoms with Crippen molar-refractivity contribution in [3.8, 4) is 0 Å². The number of carbonyl (C=O) groups is 2. The van der Waals surface area contributed by atoms with Crippen LogP contribution in [-0.4, -0.2) is 11.6 Å². The first-order valence-corrected chi connectivity index (χ1v) is 8.39. The molecule has 21 heavy (non-hydrogen) atoms. The molecule has 0 aromatic heterocycles. The molecule has 0 amide bonds. The van der Waals surface area contributed by atoms with E-state index in [0.717, 1.165) is 19.3 Å². The average Bonchev–Trinajstić information content (AvgIpc) is 2.41. The van der Waals surface area contributed by atoms with Crippen LogP contribution in [0, 0.1) is 5.92 Å². The Morgan fingerprint density at radius 3 is 2.33 bits per heavy atom. The number of allylic oxidation sites excluding steroid dienone is 3. The van der Waals surface area contributed by atoms with Crippen LogP contribution in [0.4, 0.5) is 0 Å². The Kier molecular flexibility index (Phi) is 13.0. The van der Waals surface area contributed by atoms with E-state index in [1.165, 1.54) is 32.1 Å². The third-order valence-electron chi connectivity index (χ3n) is 3.59. The number of hydrogen-bond acceptors (Lipinski definition) is 2. The molecule has 120 valence electrons. The lowest BCUT2D eigenvalue weighted by molar-refractivity contribution is -0.118. The van der Waals surface area contributed by atoms with E-state index >= 15 is 0 Å². The van der Waals surface area contributed by atoms with Gasteiger partial charge in [-0.05, 0) is 38.2 Å². The lowest BCUT2D eigenvalue weighted by Gasteiger charge is -2.10. The maximum atomic E-state index is 11.9. The second-order valence-electron chi connectivity index (χ2n) is 5.93. The lowest BCUT2D eigenvalue weighted by atomic mass is 9.93. The fourth-order valence-corrected chi connectivity index (χ4v) is 2.49. The predicted molar refractivity (Wildman–Crippen MR) is 90.4 cm³/mol. The van der Waals surface area contributed by atoms with Crippen molar-refractivity contribution in [3.63, 3.8) is 0 Å². The van der Waals surface area contributed by atoms with Crippen LogP contribution >= 0.6 is 0 Å². The quantitative estimate of drug-likeness (QED) is 0.243. The molecule has 0 saturated carbocycles. The van der Waals surface area contributed by atoms with Gasteiger partial charge in [0, 0.05) is 12.8 Å². The fourth-order valence-electron chi connectivity index (χ4n) is 2.49. The Bertz CT molecular complexity index is 328. The van der Waals surface area contributed by atoms with Gasteiger partial charge in [-0.1, -0.05) is 51.2 Å². The minimum absolute atomic E-state index is 0.117. The molecule has 0 heterocycles. The number of hydrogen-bond donors (Lipinski definition) is 0. The van der Waals surface area contributed by atoms with Gasteiger partial charge in [-0.2, -0.15) is 0 Å². The Balaban J connectivity index is 3.81. The highest BCUT2D eigenvalue weighted by Gasteiger charge is 2.12. The standard InChI is InChI=1S/C19H32O2/c1-4-6-7-8-9-10-11-12-14-19(21)16-18(13-5-2)15-17(3)20/h5,12,14,18H,2,4,6-11,13,15-16H2,1,3H3/b14-12-. The van der Waals surface area contributed by atoms with Crippen molar-refractivity contribution in [2.75, 3.05) is 0 Å². The third kappa shape index (κ3) is 13.6. The van der Waals surface area contributed by atoms with Crippen molar-refractivity contribution in [1.29, 1.82) is 0 Å². The third-order valence-corrected chi connectivity index (χ3v) is 3.59. The van der Waals surface area contributed by atoms with E-state index in [9.17, 15) is 9.59 Å². The van der Waals surface area contributed by atoms with Gasteiger partial charge in [-0.3, -0.25) is 4.79 Å². The molecule has 2 heteroatoms. The van der Waals surface area contributed by atoms with Gasteiger partial charge in [0.15, 0.2) is 5.78 Å². The summed E-state index contributed by atoms with van der Waals surface area (Å²) >= 11 is 0. The Morgan fingerprint density at radius 2 is 1.71 bits per heavy atom. The molecule has 0 saturated heterocycles. The molecular weight excluding hydrogens is 260 g/mol. The number of unbranched alkanes of at least 4 members (excludes halogenated alkanes) is 6. The molecule has 1 unspecified atom stereocenters. The van der Waals surface area contributed by atoms with E-state index in [4.69, 9.17) is 0 Å². The SMILES string of the molecule is C=CCC(CC(C)=O)CC(=O)/C=C\CCCCCCCC. The van der Waals surface area contributed by atoms with Gasteiger partial charge < -0.3 is 4.79 Å². The van der Waals surface area contributed by atoms with Gasteiger partial charge in [-0.25, -0.2) is 0 Å². The van der Waals surface area contributed by atoms with Crippen molar-refractivity contribution in [1.82, 2.24) is 0 Å². The highest BCUT2D eigenvalue weighted by atomic mass is 16.1. The van der Waals surface area contributed by atoms with E-state index in [0.29, 0.717) is 12.8 Å². The Hall–Kier alpha value is -1.18. The van der Waals surface area contributed by atoms with Gasteiger partial charge in [0.2, 0.25) is 0 Å². The Labute approximate surface area is 130 Å². The van der Waals surface area contributed by atoms with Crippen LogP contribution < -0.4 is 0 Å². The number of ketones is 2. The molecule has 0 aromatic carbocycles. The molecule has 0 rings (SSSR count). The maximum absolute atomic E-state index is 11.9. The van der Waals surface area contributed by atoms with E-state index in [1.54, 1.807) is 19.1 Å². The van der Waals surface area contributed by atoms with Crippen molar-refractivity contribution >= 4 is 11.6 Å². The van der Waals surface area contributed by atoms with E-state index in [1.807, 2.05) is 6.08 Å². The molecule has 0 aliphatic carbocycles. The Morgan fingerprint density at radius 1 is 1.05 bits per heavy atom. The molecule has 1 atom stereocenters. The van der Waals surface area contributed by atoms with E-state index in [2.05, 4.69) is 13.5 Å². The summed E-state index contributed by atoms with van der Waals surface area (Å²) in [5, 5.41) is 0. The van der Waals surface area contributed by atoms with Crippen LogP contribution in [0.3, 0.4) is 0 Å². The van der Waals surface area contributed by atoms with Crippen LogP contribution in [0.15, 0.2) is 24.8 Å². The summed E-state index contributed by atoms with van der Waals surface area (Å²) in [4.78, 5) is 23.0. The highest BCUT2D eigenvalue weighted by Crippen LogP contribution is 2.15. The summed E-state index contributed by atoms with van der Waals surface area (Å²) < 4.78 is 0. The lowest BCUT2D eigenvalue weighted by Crippen LogP contribution is -2.09. The minimum Gasteiger partial charge on any atom is -0.300 e. The summed E-state index contributed by atoms with van der Waals surface area (Å²) in [7, 11) is 0. The van der Waals surface area contributed by atoms with Gasteiger partial charge in [-0.15, -0.1) is 6.58 Å². The zero-order valence-corrected chi connectivity index (χ0v) is 13.9. The first kappa shape index (κ1) is 19.8. The zero-order valence-electron chi connectivity index (χ0n) is 13.9. The zero-order chi connectivity index (χ0) is 15.9. The minimum atomic E-state index is 0.117. The maximum Gasteiger partial charge on any atom is 0.155 e. The van der Waals surface area contributed by atoms with Crippen molar-refractivity contribution in [2.45, 2.75) is 78.1 Å². The normalized spacial score (nSPS) is 12.5. The first-order valence-electron chi connectivity index (χ1n) is 8.39. The number of carbonyl (C=O) groups excluding carboxylic acids is 2. The summed E-state index contributed by atoms with van der Waals surface area (Å²) in [5.41, 5.74) is 0. The number of Topliss-reactive ketones (excluding diaryl/α,β-unsaturated/α-hetero) is 1. The monoisotopic (exact) mass is 292 g/mol. The fraction of sp³-hybridized carbons (Fsp3) is 0.684.